The molecular weight excluding hydrogens is 312 g/mol. The van der Waals surface area contributed by atoms with Gasteiger partial charge in [0.15, 0.2) is 11.5 Å². The molecule has 0 aliphatic heterocycles. The van der Waals surface area contributed by atoms with Crippen LogP contribution in [0, 0.1) is 0 Å². The van der Waals surface area contributed by atoms with Crippen LogP contribution in [0.4, 0.5) is 45.5 Å². The Morgan fingerprint density at radius 2 is 0.667 bits per heavy atom. The molecule has 0 radical (unpaired) electrons. The third-order valence-electron chi connectivity index (χ3n) is 4.26. The Morgan fingerprint density at radius 1 is 0.333 bits per heavy atom. The highest BCUT2D eigenvalue weighted by molar-refractivity contribution is 6.33. The molecule has 0 heterocycles. The van der Waals surface area contributed by atoms with E-state index in [1.807, 2.05) is 0 Å². The van der Waals surface area contributed by atoms with Crippen LogP contribution in [0.15, 0.2) is 0 Å². The lowest BCUT2D eigenvalue weighted by Gasteiger charge is -2.21. The Morgan fingerprint density at radius 3 is 1.17 bits per heavy atom. The molecule has 3 rings (SSSR count). The summed E-state index contributed by atoms with van der Waals surface area (Å²) in [6, 6.07) is 0. The van der Waals surface area contributed by atoms with Crippen LogP contribution in [0.5, 0.6) is 11.5 Å². The van der Waals surface area contributed by atoms with Crippen LogP contribution >= 0.6 is 0 Å². The molecule has 0 aromatic heterocycles. The van der Waals surface area contributed by atoms with E-state index in [1.165, 1.54) is 0 Å². The van der Waals surface area contributed by atoms with Gasteiger partial charge in [-0.3, -0.25) is 0 Å². The molecule has 3 aromatic carbocycles. The van der Waals surface area contributed by atoms with Gasteiger partial charge in [0.05, 0.1) is 39.8 Å². The monoisotopic (exact) mass is 330 g/mol. The minimum Gasteiger partial charge on any atom is -0.504 e. The van der Waals surface area contributed by atoms with E-state index < -0.39 is 11.5 Å². The van der Waals surface area contributed by atoms with Gasteiger partial charge in [0.1, 0.15) is 5.69 Å². The molecule has 0 unspecified atom stereocenters. The molecule has 0 fully saturated rings. The minimum atomic E-state index is -0.612. The number of benzene rings is 3. The Bertz CT molecular complexity index is 976. The van der Waals surface area contributed by atoms with E-state index in [9.17, 15) is 10.2 Å². The number of phenolic OH excluding ortho intramolecular Hbond substituents is 2. The topological polar surface area (TPSA) is 249 Å². The van der Waals surface area contributed by atoms with E-state index in [0.717, 1.165) is 0 Å². The van der Waals surface area contributed by atoms with Crippen molar-refractivity contribution in [2.24, 2.45) is 0 Å². The average Bonchev–Trinajstić information content (AvgIpc) is 2.56. The highest BCUT2D eigenvalue weighted by Crippen LogP contribution is 2.54. The largest absolute Gasteiger partial charge is 0.504 e. The van der Waals surface area contributed by atoms with Gasteiger partial charge in [0.2, 0.25) is 0 Å². The first-order valence-electron chi connectivity index (χ1n) is 6.76. The summed E-state index contributed by atoms with van der Waals surface area (Å²) in [5, 5.41) is 21.0. The molecule has 3 aromatic rings. The quantitative estimate of drug-likeness (QED) is 0.0871. The molecule has 24 heavy (non-hydrogen) atoms. The van der Waals surface area contributed by atoms with Crippen molar-refractivity contribution in [3.63, 3.8) is 0 Å². The maximum Gasteiger partial charge on any atom is 0.183 e. The fourth-order valence-electron chi connectivity index (χ4n) is 2.92. The van der Waals surface area contributed by atoms with Crippen molar-refractivity contribution in [1.82, 2.24) is 0 Å². The summed E-state index contributed by atoms with van der Waals surface area (Å²) in [7, 11) is 0. The lowest BCUT2D eigenvalue weighted by molar-refractivity contribution is 0.410. The van der Waals surface area contributed by atoms with E-state index in [1.54, 1.807) is 0 Å². The first-order chi connectivity index (χ1) is 11.1. The van der Waals surface area contributed by atoms with Crippen LogP contribution in [0.2, 0.25) is 0 Å². The number of aromatic hydroxyl groups is 2. The Hall–Kier alpha value is -3.82. The number of hydrogen-bond acceptors (Lipinski definition) is 10. The van der Waals surface area contributed by atoms with Crippen LogP contribution in [-0.4, -0.2) is 10.2 Å². The summed E-state index contributed by atoms with van der Waals surface area (Å²) in [5.41, 5.74) is 47.5. The van der Waals surface area contributed by atoms with Crippen LogP contribution in [-0.2, 0) is 0 Å². The lowest BCUT2D eigenvalue weighted by Crippen LogP contribution is -2.09. The van der Waals surface area contributed by atoms with E-state index in [2.05, 4.69) is 0 Å². The third-order valence-corrected chi connectivity index (χ3v) is 4.26. The van der Waals surface area contributed by atoms with Crippen molar-refractivity contribution in [3.8, 4) is 11.5 Å². The van der Waals surface area contributed by atoms with Gasteiger partial charge >= 0.3 is 0 Å². The van der Waals surface area contributed by atoms with Gasteiger partial charge in [-0.2, -0.15) is 0 Å². The van der Waals surface area contributed by atoms with Gasteiger partial charge in [-0.25, -0.2) is 0 Å². The summed E-state index contributed by atoms with van der Waals surface area (Å²) < 4.78 is 0. The fourth-order valence-corrected chi connectivity index (χ4v) is 2.92. The minimum absolute atomic E-state index is 0.0137. The van der Waals surface area contributed by atoms with Gasteiger partial charge in [0, 0.05) is 21.5 Å². The summed E-state index contributed by atoms with van der Waals surface area (Å²) in [6.45, 7) is 0. The van der Waals surface area contributed by atoms with E-state index in [0.29, 0.717) is 0 Å². The van der Waals surface area contributed by atoms with Gasteiger partial charge in [-0.15, -0.1) is 0 Å². The Labute approximate surface area is 135 Å². The van der Waals surface area contributed by atoms with Crippen LogP contribution in [0.3, 0.4) is 0 Å². The first-order valence-corrected chi connectivity index (χ1v) is 6.76. The van der Waals surface area contributed by atoms with Crippen LogP contribution < -0.4 is 45.9 Å². The number of fused-ring (bicyclic) bond motifs is 3. The van der Waals surface area contributed by atoms with Crippen molar-refractivity contribution in [3.05, 3.63) is 0 Å². The van der Waals surface area contributed by atoms with Gasteiger partial charge in [-0.05, 0) is 0 Å². The number of phenols is 2. The van der Waals surface area contributed by atoms with E-state index in [-0.39, 0.29) is 67.0 Å². The van der Waals surface area contributed by atoms with Crippen LogP contribution in [0.1, 0.15) is 0 Å². The molecule has 0 aliphatic carbocycles. The predicted molar refractivity (Wildman–Crippen MR) is 100 cm³/mol. The summed E-state index contributed by atoms with van der Waals surface area (Å²) >= 11 is 0. The highest BCUT2D eigenvalue weighted by Gasteiger charge is 2.25. The summed E-state index contributed by atoms with van der Waals surface area (Å²) in [5.74, 6) is -1.18. The molecule has 0 spiro atoms. The van der Waals surface area contributed by atoms with E-state index in [4.69, 9.17) is 45.9 Å². The van der Waals surface area contributed by atoms with Gasteiger partial charge in [0.25, 0.3) is 0 Å². The summed E-state index contributed by atoms with van der Waals surface area (Å²) in [4.78, 5) is 0. The van der Waals surface area contributed by atoms with Crippen molar-refractivity contribution >= 4 is 67.0 Å². The highest BCUT2D eigenvalue weighted by atomic mass is 16.3. The SMILES string of the molecule is Nc1c(N)c(N)c2c(c1N)c(N)c(N)c1c(N)c(N)c(O)c(O)c12. The van der Waals surface area contributed by atoms with Crippen molar-refractivity contribution in [2.45, 2.75) is 0 Å². The second kappa shape index (κ2) is 4.35. The number of hydrogen-bond donors (Lipinski definition) is 10. The van der Waals surface area contributed by atoms with Crippen molar-refractivity contribution in [1.29, 1.82) is 0 Å². The second-order valence-corrected chi connectivity index (χ2v) is 5.51. The average molecular weight is 330 g/mol. The zero-order valence-corrected chi connectivity index (χ0v) is 12.5. The molecule has 10 nitrogen and oxygen atoms in total. The third kappa shape index (κ3) is 1.48. The van der Waals surface area contributed by atoms with Gasteiger partial charge < -0.3 is 56.1 Å². The zero-order valence-electron chi connectivity index (χ0n) is 12.5. The smallest absolute Gasteiger partial charge is 0.183 e. The number of rotatable bonds is 0. The number of nitrogens with two attached hydrogens (primary N) is 8. The fraction of sp³-hybridized carbons (Fsp3) is 0. The molecule has 0 atom stereocenters. The maximum atomic E-state index is 10.4. The molecule has 0 saturated carbocycles. The molecule has 18 N–H and O–H groups in total. The standard InChI is InChI=1S/C14H18N8O2/c15-5-1-2-4(9(19)12(22)14(24)13(2)23)7(17)6(16)3(1)8(18)11(21)10(5)20/h23-24H,15-22H2. The second-order valence-electron chi connectivity index (χ2n) is 5.51. The maximum absolute atomic E-state index is 10.4. The molecule has 0 bridgehead atoms. The van der Waals surface area contributed by atoms with Crippen molar-refractivity contribution in [2.75, 3.05) is 45.9 Å². The number of anilines is 8. The molecule has 126 valence electrons. The number of nitrogen functional groups attached to an aromatic ring is 8. The Balaban J connectivity index is 2.87. The van der Waals surface area contributed by atoms with Gasteiger partial charge in [-0.1, -0.05) is 0 Å². The summed E-state index contributed by atoms with van der Waals surface area (Å²) in [6.07, 6.45) is 0. The van der Waals surface area contributed by atoms with Crippen LogP contribution in [0.25, 0.3) is 21.5 Å². The van der Waals surface area contributed by atoms with Crippen molar-refractivity contribution < 1.29 is 10.2 Å². The zero-order chi connectivity index (χ0) is 18.1. The Kier molecular flexibility index (Phi) is 2.73. The molecule has 0 saturated heterocycles. The molecule has 0 amide bonds. The van der Waals surface area contributed by atoms with E-state index >= 15 is 0 Å². The molecular formula is C14H18N8O2. The molecule has 0 aliphatic rings. The normalized spacial score (nSPS) is 11.3. The predicted octanol–water partition coefficient (Wildman–Crippen LogP) is 0.0618. The molecule has 10 heteroatoms. The first kappa shape index (κ1) is 15.1. The lowest BCUT2D eigenvalue weighted by atomic mass is 9.92.